The third-order valence-electron chi connectivity index (χ3n) is 3.82. The minimum absolute atomic E-state index is 0.166. The van der Waals surface area contributed by atoms with Gasteiger partial charge in [-0.05, 0) is 38.0 Å². The van der Waals surface area contributed by atoms with E-state index in [1.165, 1.54) is 12.8 Å². The second-order valence-electron chi connectivity index (χ2n) is 5.45. The topological polar surface area (TPSA) is 41.6 Å². The molecule has 1 unspecified atom stereocenters. The van der Waals surface area contributed by atoms with Gasteiger partial charge < -0.3 is 15.0 Å². The van der Waals surface area contributed by atoms with Gasteiger partial charge >= 0.3 is 0 Å². The number of ether oxygens (including phenoxy) is 1. The number of carbonyl (C=O) groups excluding carboxylic acids is 1. The SMILES string of the molecule is COc1ccc(Br)cc1NC(C)C(=O)N1CCCCCC1. The fourth-order valence-electron chi connectivity index (χ4n) is 2.65. The lowest BCUT2D eigenvalue weighted by molar-refractivity contribution is -0.131. The van der Waals surface area contributed by atoms with Crippen molar-refractivity contribution in [3.63, 3.8) is 0 Å². The lowest BCUT2D eigenvalue weighted by Gasteiger charge is -2.25. The zero-order valence-electron chi connectivity index (χ0n) is 12.7. The van der Waals surface area contributed by atoms with Crippen molar-refractivity contribution in [2.75, 3.05) is 25.5 Å². The number of methoxy groups -OCH3 is 1. The van der Waals surface area contributed by atoms with Crippen molar-refractivity contribution in [1.29, 1.82) is 0 Å². The Balaban J connectivity index is 2.04. The molecule has 1 aromatic carbocycles. The number of nitrogens with one attached hydrogen (secondary N) is 1. The molecule has 21 heavy (non-hydrogen) atoms. The zero-order chi connectivity index (χ0) is 15.2. The van der Waals surface area contributed by atoms with Crippen molar-refractivity contribution < 1.29 is 9.53 Å². The van der Waals surface area contributed by atoms with Crippen LogP contribution in [-0.2, 0) is 4.79 Å². The monoisotopic (exact) mass is 354 g/mol. The third kappa shape index (κ3) is 4.37. The summed E-state index contributed by atoms with van der Waals surface area (Å²) in [4.78, 5) is 14.5. The first kappa shape index (κ1) is 16.1. The fraction of sp³-hybridized carbons (Fsp3) is 0.562. The summed E-state index contributed by atoms with van der Waals surface area (Å²) < 4.78 is 6.30. The molecule has 1 saturated heterocycles. The van der Waals surface area contributed by atoms with Gasteiger partial charge in [0.05, 0.1) is 12.8 Å². The van der Waals surface area contributed by atoms with Crippen LogP contribution in [0.2, 0.25) is 0 Å². The van der Waals surface area contributed by atoms with Crippen LogP contribution in [0.3, 0.4) is 0 Å². The quantitative estimate of drug-likeness (QED) is 0.896. The van der Waals surface area contributed by atoms with Crippen molar-refractivity contribution in [2.24, 2.45) is 0 Å². The molecule has 1 aliphatic heterocycles. The van der Waals surface area contributed by atoms with E-state index in [1.807, 2.05) is 30.0 Å². The van der Waals surface area contributed by atoms with E-state index >= 15 is 0 Å². The minimum Gasteiger partial charge on any atom is -0.495 e. The predicted octanol–water partition coefficient (Wildman–Crippen LogP) is 3.66. The number of hydrogen-bond acceptors (Lipinski definition) is 3. The van der Waals surface area contributed by atoms with E-state index in [0.717, 1.165) is 41.8 Å². The molecule has 0 aliphatic carbocycles. The molecule has 0 radical (unpaired) electrons. The summed E-state index contributed by atoms with van der Waals surface area (Å²) in [6.07, 6.45) is 4.67. The molecule has 1 amide bonds. The number of nitrogens with zero attached hydrogens (tertiary/aromatic N) is 1. The lowest BCUT2D eigenvalue weighted by Crippen LogP contribution is -2.41. The second-order valence-corrected chi connectivity index (χ2v) is 6.37. The van der Waals surface area contributed by atoms with Crippen LogP contribution in [0.4, 0.5) is 5.69 Å². The summed E-state index contributed by atoms with van der Waals surface area (Å²) in [7, 11) is 1.63. The Morgan fingerprint density at radius 1 is 1.29 bits per heavy atom. The van der Waals surface area contributed by atoms with Crippen LogP contribution in [0.5, 0.6) is 5.75 Å². The maximum Gasteiger partial charge on any atom is 0.244 e. The molecular formula is C16H23BrN2O2. The van der Waals surface area contributed by atoms with Crippen LogP contribution in [-0.4, -0.2) is 37.0 Å². The molecule has 1 aromatic rings. The Morgan fingerprint density at radius 3 is 2.57 bits per heavy atom. The fourth-order valence-corrected chi connectivity index (χ4v) is 3.01. The van der Waals surface area contributed by atoms with Crippen molar-refractivity contribution in [2.45, 2.75) is 38.6 Å². The van der Waals surface area contributed by atoms with Gasteiger partial charge in [0.15, 0.2) is 0 Å². The van der Waals surface area contributed by atoms with Crippen LogP contribution in [0.1, 0.15) is 32.6 Å². The number of halogens is 1. The number of benzene rings is 1. The van der Waals surface area contributed by atoms with Crippen molar-refractivity contribution in [3.8, 4) is 5.75 Å². The minimum atomic E-state index is -0.258. The standard InChI is InChI=1S/C16H23BrN2O2/c1-12(16(20)19-9-5-3-4-6-10-19)18-14-11-13(17)7-8-15(14)21-2/h7-8,11-12,18H,3-6,9-10H2,1-2H3. The summed E-state index contributed by atoms with van der Waals surface area (Å²) in [6.45, 7) is 3.66. The number of amides is 1. The highest BCUT2D eigenvalue weighted by Gasteiger charge is 2.22. The molecule has 0 aromatic heterocycles. The molecule has 0 bridgehead atoms. The molecule has 1 fully saturated rings. The highest BCUT2D eigenvalue weighted by molar-refractivity contribution is 9.10. The largest absolute Gasteiger partial charge is 0.495 e. The molecule has 1 atom stereocenters. The molecular weight excluding hydrogens is 332 g/mol. The van der Waals surface area contributed by atoms with Crippen LogP contribution in [0.15, 0.2) is 22.7 Å². The average Bonchev–Trinajstić information content (AvgIpc) is 2.75. The van der Waals surface area contributed by atoms with Crippen molar-refractivity contribution >= 4 is 27.5 Å². The molecule has 1 N–H and O–H groups in total. The Labute approximate surface area is 135 Å². The Bertz CT molecular complexity index is 485. The number of anilines is 1. The molecule has 1 heterocycles. The van der Waals surface area contributed by atoms with Gasteiger partial charge in [-0.3, -0.25) is 4.79 Å². The third-order valence-corrected chi connectivity index (χ3v) is 4.31. The molecule has 1 aliphatic rings. The van der Waals surface area contributed by atoms with Crippen LogP contribution in [0, 0.1) is 0 Å². The van der Waals surface area contributed by atoms with E-state index in [1.54, 1.807) is 7.11 Å². The molecule has 2 rings (SSSR count). The van der Waals surface area contributed by atoms with Gasteiger partial charge in [0.1, 0.15) is 11.8 Å². The lowest BCUT2D eigenvalue weighted by atomic mass is 10.2. The van der Waals surface area contributed by atoms with Gasteiger partial charge in [-0.1, -0.05) is 28.8 Å². The predicted molar refractivity (Wildman–Crippen MR) is 88.8 cm³/mol. The molecule has 5 heteroatoms. The highest BCUT2D eigenvalue weighted by Crippen LogP contribution is 2.28. The number of hydrogen-bond donors (Lipinski definition) is 1. The Hall–Kier alpha value is -1.23. The van der Waals surface area contributed by atoms with Crippen LogP contribution >= 0.6 is 15.9 Å². The van der Waals surface area contributed by atoms with Gasteiger partial charge in [0, 0.05) is 17.6 Å². The van der Waals surface area contributed by atoms with Gasteiger partial charge in [0.25, 0.3) is 0 Å². The zero-order valence-corrected chi connectivity index (χ0v) is 14.3. The second kappa shape index (κ2) is 7.69. The van der Waals surface area contributed by atoms with Gasteiger partial charge in [-0.25, -0.2) is 0 Å². The first-order valence-corrected chi connectivity index (χ1v) is 8.30. The Morgan fingerprint density at radius 2 is 1.95 bits per heavy atom. The average molecular weight is 355 g/mol. The molecule has 0 saturated carbocycles. The molecule has 116 valence electrons. The summed E-state index contributed by atoms with van der Waals surface area (Å²) in [5.74, 6) is 0.910. The molecule has 4 nitrogen and oxygen atoms in total. The maximum absolute atomic E-state index is 12.6. The summed E-state index contributed by atoms with van der Waals surface area (Å²) >= 11 is 3.45. The maximum atomic E-state index is 12.6. The van der Waals surface area contributed by atoms with E-state index in [2.05, 4.69) is 21.2 Å². The first-order valence-electron chi connectivity index (χ1n) is 7.50. The molecule has 0 spiro atoms. The summed E-state index contributed by atoms with van der Waals surface area (Å²) in [6, 6.07) is 5.48. The number of likely N-dealkylation sites (tertiary alicyclic amines) is 1. The smallest absolute Gasteiger partial charge is 0.244 e. The van der Waals surface area contributed by atoms with Gasteiger partial charge in [-0.2, -0.15) is 0 Å². The van der Waals surface area contributed by atoms with Crippen LogP contribution < -0.4 is 10.1 Å². The van der Waals surface area contributed by atoms with Gasteiger partial charge in [0.2, 0.25) is 5.91 Å². The summed E-state index contributed by atoms with van der Waals surface area (Å²) in [5.41, 5.74) is 0.836. The Kier molecular flexibility index (Phi) is 5.91. The van der Waals surface area contributed by atoms with Crippen LogP contribution in [0.25, 0.3) is 0 Å². The van der Waals surface area contributed by atoms with E-state index in [9.17, 15) is 4.79 Å². The normalized spacial score (nSPS) is 17.0. The number of carbonyl (C=O) groups is 1. The van der Waals surface area contributed by atoms with E-state index in [0.29, 0.717) is 0 Å². The summed E-state index contributed by atoms with van der Waals surface area (Å²) in [5, 5.41) is 3.27. The van der Waals surface area contributed by atoms with Crippen molar-refractivity contribution in [3.05, 3.63) is 22.7 Å². The van der Waals surface area contributed by atoms with Gasteiger partial charge in [-0.15, -0.1) is 0 Å². The first-order chi connectivity index (χ1) is 10.1. The van der Waals surface area contributed by atoms with E-state index in [4.69, 9.17) is 4.74 Å². The number of rotatable bonds is 4. The van der Waals surface area contributed by atoms with Crippen molar-refractivity contribution in [1.82, 2.24) is 4.90 Å². The van der Waals surface area contributed by atoms with E-state index in [-0.39, 0.29) is 11.9 Å². The highest BCUT2D eigenvalue weighted by atomic mass is 79.9. The van der Waals surface area contributed by atoms with E-state index < -0.39 is 0 Å².